The van der Waals surface area contributed by atoms with Gasteiger partial charge in [0.1, 0.15) is 6.10 Å². The number of carbonyl (C=O) groups excluding carboxylic acids is 1. The molecule has 1 aromatic heterocycles. The molecule has 22 heavy (non-hydrogen) atoms. The van der Waals surface area contributed by atoms with Crippen LogP contribution in [0.2, 0.25) is 0 Å². The smallest absolute Gasteiger partial charge is 0.293 e. The van der Waals surface area contributed by atoms with E-state index in [1.807, 2.05) is 0 Å². The molecule has 1 heterocycles. The van der Waals surface area contributed by atoms with Gasteiger partial charge in [0.05, 0.1) is 16.7 Å². The van der Waals surface area contributed by atoms with Crippen LogP contribution in [0.15, 0.2) is 30.5 Å². The van der Waals surface area contributed by atoms with E-state index in [4.69, 9.17) is 4.74 Å². The summed E-state index contributed by atoms with van der Waals surface area (Å²) < 4.78 is 5.12. The summed E-state index contributed by atoms with van der Waals surface area (Å²) in [7, 11) is 0. The lowest BCUT2D eigenvalue weighted by Gasteiger charge is -2.15. The molecule has 1 saturated carbocycles. The molecule has 3 rings (SSSR count). The molecule has 1 fully saturated rings. The number of benzene rings is 1. The summed E-state index contributed by atoms with van der Waals surface area (Å²) in [4.78, 5) is 21.5. The summed E-state index contributed by atoms with van der Waals surface area (Å²) >= 11 is 0. The van der Waals surface area contributed by atoms with Crippen molar-refractivity contribution < 1.29 is 14.5 Å². The molecule has 1 atom stereocenters. The third kappa shape index (κ3) is 2.83. The van der Waals surface area contributed by atoms with Crippen molar-refractivity contribution in [3.05, 3.63) is 57.4 Å². The number of hydrogen-bond acceptors (Lipinski definition) is 5. The molecule has 0 saturated heterocycles. The summed E-state index contributed by atoms with van der Waals surface area (Å²) in [6.45, 7) is 0.332. The average molecular weight is 301 g/mol. The molecule has 1 N–H and O–H groups in total. The minimum Gasteiger partial charge on any atom is -0.459 e. The van der Waals surface area contributed by atoms with Gasteiger partial charge in [-0.15, -0.1) is 0 Å². The molecule has 1 aliphatic rings. The van der Waals surface area contributed by atoms with Crippen LogP contribution < -0.4 is 0 Å². The van der Waals surface area contributed by atoms with Crippen molar-refractivity contribution in [2.45, 2.75) is 31.3 Å². The van der Waals surface area contributed by atoms with E-state index in [1.54, 1.807) is 24.4 Å². The van der Waals surface area contributed by atoms with Crippen LogP contribution in [0.3, 0.4) is 0 Å². The number of aromatic amines is 1. The van der Waals surface area contributed by atoms with E-state index in [2.05, 4.69) is 10.2 Å². The summed E-state index contributed by atoms with van der Waals surface area (Å²) in [5.41, 5.74) is 2.32. The average Bonchev–Trinajstić information content (AvgIpc) is 3.26. The van der Waals surface area contributed by atoms with Crippen LogP contribution in [0.5, 0.6) is 0 Å². The van der Waals surface area contributed by atoms with Crippen molar-refractivity contribution in [2.24, 2.45) is 0 Å². The minimum absolute atomic E-state index is 0.0502. The third-order valence-corrected chi connectivity index (χ3v) is 3.84. The van der Waals surface area contributed by atoms with Gasteiger partial charge in [0.25, 0.3) is 12.2 Å². The summed E-state index contributed by atoms with van der Waals surface area (Å²) in [5.74, 6) is 0.472. The number of aromatic nitrogens is 2. The molecule has 0 radical (unpaired) electrons. The summed E-state index contributed by atoms with van der Waals surface area (Å²) in [6.07, 6.45) is 3.59. The van der Waals surface area contributed by atoms with Gasteiger partial charge in [-0.2, -0.15) is 5.10 Å². The number of hydrogen-bond donors (Lipinski definition) is 1. The normalized spacial score (nSPS) is 15.3. The fourth-order valence-corrected chi connectivity index (χ4v) is 2.63. The molecule has 1 aliphatic carbocycles. The molecular formula is C15H15N3O4. The Bertz CT molecular complexity index is 694. The molecule has 7 heteroatoms. The Hall–Kier alpha value is -2.70. The second kappa shape index (κ2) is 5.97. The highest BCUT2D eigenvalue weighted by Crippen LogP contribution is 2.41. The molecule has 2 aromatic rings. The number of ether oxygens (including phenoxy) is 1. The number of nitrogens with one attached hydrogen (secondary N) is 1. The monoisotopic (exact) mass is 301 g/mol. The van der Waals surface area contributed by atoms with Crippen molar-refractivity contribution in [1.82, 2.24) is 10.2 Å². The molecule has 0 bridgehead atoms. The van der Waals surface area contributed by atoms with Gasteiger partial charge in [-0.1, -0.05) is 12.1 Å². The maximum Gasteiger partial charge on any atom is 0.293 e. The molecule has 0 aliphatic heterocycles. The van der Waals surface area contributed by atoms with E-state index in [0.29, 0.717) is 24.4 Å². The first-order chi connectivity index (χ1) is 10.7. The lowest BCUT2D eigenvalue weighted by molar-refractivity contribution is -0.386. The standard InChI is InChI=1S/C15H15N3O4/c19-9-22-14(12-3-1-2-4-13(12)18(20)21)7-11-8-16-17-15(11)10-5-6-10/h1-4,8-10,14H,5-7H2,(H,16,17). The van der Waals surface area contributed by atoms with Gasteiger partial charge in [0.15, 0.2) is 0 Å². The van der Waals surface area contributed by atoms with Crippen molar-refractivity contribution in [1.29, 1.82) is 0 Å². The SMILES string of the molecule is O=COC(Cc1cn[nH]c1C1CC1)c1ccccc1[N+](=O)[O-]. The predicted octanol–water partition coefficient (Wildman–Crippen LogP) is 2.65. The van der Waals surface area contributed by atoms with Crippen LogP contribution in [0, 0.1) is 10.1 Å². The van der Waals surface area contributed by atoms with Crippen LogP contribution in [0.25, 0.3) is 0 Å². The zero-order chi connectivity index (χ0) is 15.5. The molecule has 7 nitrogen and oxygen atoms in total. The topological polar surface area (TPSA) is 98.1 Å². The largest absolute Gasteiger partial charge is 0.459 e. The van der Waals surface area contributed by atoms with Gasteiger partial charge in [-0.25, -0.2) is 0 Å². The molecular weight excluding hydrogens is 286 g/mol. The lowest BCUT2D eigenvalue weighted by atomic mass is 9.99. The molecule has 0 amide bonds. The zero-order valence-electron chi connectivity index (χ0n) is 11.8. The Labute approximate surface area is 126 Å². The van der Waals surface area contributed by atoms with Gasteiger partial charge in [0, 0.05) is 24.1 Å². The predicted molar refractivity (Wildman–Crippen MR) is 77.3 cm³/mol. The number of nitro benzene ring substituents is 1. The highest BCUT2D eigenvalue weighted by molar-refractivity contribution is 5.45. The molecule has 1 unspecified atom stereocenters. The van der Waals surface area contributed by atoms with Crippen LogP contribution in [-0.2, 0) is 16.0 Å². The molecule has 114 valence electrons. The van der Waals surface area contributed by atoms with Gasteiger partial charge in [0.2, 0.25) is 0 Å². The number of rotatable bonds is 7. The second-order valence-electron chi connectivity index (χ2n) is 5.32. The highest BCUT2D eigenvalue weighted by Gasteiger charge is 2.30. The van der Waals surface area contributed by atoms with Crippen molar-refractivity contribution in [3.63, 3.8) is 0 Å². The van der Waals surface area contributed by atoms with Gasteiger partial charge >= 0.3 is 0 Å². The first-order valence-corrected chi connectivity index (χ1v) is 7.05. The maximum atomic E-state index is 11.2. The maximum absolute atomic E-state index is 11.2. The number of H-pyrrole nitrogens is 1. The number of nitrogens with zero attached hydrogens (tertiary/aromatic N) is 2. The minimum atomic E-state index is -0.700. The Morgan fingerprint density at radius 1 is 1.45 bits per heavy atom. The Kier molecular flexibility index (Phi) is 3.86. The van der Waals surface area contributed by atoms with E-state index in [0.717, 1.165) is 24.1 Å². The van der Waals surface area contributed by atoms with Crippen LogP contribution in [0.4, 0.5) is 5.69 Å². The number of nitro groups is 1. The second-order valence-corrected chi connectivity index (χ2v) is 5.32. The quantitative estimate of drug-likeness (QED) is 0.481. The summed E-state index contributed by atoms with van der Waals surface area (Å²) in [5, 5.41) is 18.2. The number of carbonyl (C=O) groups is 1. The third-order valence-electron chi connectivity index (χ3n) is 3.84. The summed E-state index contributed by atoms with van der Waals surface area (Å²) in [6, 6.07) is 6.31. The Morgan fingerprint density at radius 3 is 2.91 bits per heavy atom. The van der Waals surface area contributed by atoms with Crippen molar-refractivity contribution in [3.8, 4) is 0 Å². The van der Waals surface area contributed by atoms with E-state index in [9.17, 15) is 14.9 Å². The van der Waals surface area contributed by atoms with E-state index in [-0.39, 0.29) is 5.69 Å². The highest BCUT2D eigenvalue weighted by atomic mass is 16.6. The van der Waals surface area contributed by atoms with Gasteiger partial charge < -0.3 is 4.74 Å². The first kappa shape index (κ1) is 14.2. The van der Waals surface area contributed by atoms with Crippen molar-refractivity contribution in [2.75, 3.05) is 0 Å². The lowest BCUT2D eigenvalue weighted by Crippen LogP contribution is -2.10. The van der Waals surface area contributed by atoms with Crippen LogP contribution >= 0.6 is 0 Å². The van der Waals surface area contributed by atoms with Crippen LogP contribution in [-0.4, -0.2) is 21.6 Å². The van der Waals surface area contributed by atoms with Gasteiger partial charge in [-0.05, 0) is 24.5 Å². The van der Waals surface area contributed by atoms with E-state index < -0.39 is 11.0 Å². The van der Waals surface area contributed by atoms with Crippen molar-refractivity contribution >= 4 is 12.2 Å². The Morgan fingerprint density at radius 2 is 2.23 bits per heavy atom. The van der Waals surface area contributed by atoms with Gasteiger partial charge in [-0.3, -0.25) is 20.0 Å². The first-order valence-electron chi connectivity index (χ1n) is 7.05. The van der Waals surface area contributed by atoms with E-state index in [1.165, 1.54) is 6.07 Å². The molecule has 0 spiro atoms. The zero-order valence-corrected chi connectivity index (χ0v) is 11.8. The fourth-order valence-electron chi connectivity index (χ4n) is 2.63. The molecule has 1 aromatic carbocycles. The Balaban J connectivity index is 1.91. The fraction of sp³-hybridized carbons (Fsp3) is 0.333. The number of para-hydroxylation sites is 1. The van der Waals surface area contributed by atoms with E-state index >= 15 is 0 Å². The van der Waals surface area contributed by atoms with Crippen LogP contribution in [0.1, 0.15) is 41.7 Å².